The number of carbonyl (C=O) groups excluding carboxylic acids is 1. The molecule has 154 valence electrons. The van der Waals surface area contributed by atoms with Gasteiger partial charge in [-0.2, -0.15) is 5.26 Å². The van der Waals surface area contributed by atoms with Crippen LogP contribution in [0.4, 0.5) is 4.79 Å². The first kappa shape index (κ1) is 20.1. The number of hydrogen-bond acceptors (Lipinski definition) is 5. The highest BCUT2D eigenvalue weighted by Gasteiger charge is 2.29. The first-order valence-electron chi connectivity index (χ1n) is 9.76. The molecule has 0 bridgehead atoms. The number of nitrogens with zero attached hydrogens (tertiary/aromatic N) is 2. The first-order chi connectivity index (χ1) is 15.1. The summed E-state index contributed by atoms with van der Waals surface area (Å²) in [5.41, 5.74) is 5.14. The molecule has 4 rings (SSSR count). The number of aromatic nitrogens is 1. The summed E-state index contributed by atoms with van der Waals surface area (Å²) in [7, 11) is 0. The van der Waals surface area contributed by atoms with E-state index in [0.29, 0.717) is 5.56 Å². The SMILES string of the molecule is N#Cc1cc(C[C@H](NC(=O)OCC2c3ccccc3-c3ccccc32)C(=O)O)ccn1. The number of carbonyl (C=O) groups is 2. The number of carboxylic acid groups (broad SMARTS) is 1. The Balaban J connectivity index is 1.43. The van der Waals surface area contributed by atoms with Crippen LogP contribution in [0, 0.1) is 11.3 Å². The molecule has 1 aliphatic rings. The van der Waals surface area contributed by atoms with E-state index in [0.717, 1.165) is 22.3 Å². The molecule has 1 heterocycles. The van der Waals surface area contributed by atoms with Gasteiger partial charge < -0.3 is 15.2 Å². The average Bonchev–Trinajstić information content (AvgIpc) is 3.11. The topological polar surface area (TPSA) is 112 Å². The summed E-state index contributed by atoms with van der Waals surface area (Å²) < 4.78 is 5.42. The molecule has 3 aromatic rings. The lowest BCUT2D eigenvalue weighted by Crippen LogP contribution is -2.42. The van der Waals surface area contributed by atoms with Gasteiger partial charge in [0, 0.05) is 18.5 Å². The Morgan fingerprint density at radius 1 is 1.10 bits per heavy atom. The molecular weight excluding hydrogens is 394 g/mol. The van der Waals surface area contributed by atoms with Gasteiger partial charge >= 0.3 is 12.1 Å². The van der Waals surface area contributed by atoms with Gasteiger partial charge in [-0.1, -0.05) is 48.5 Å². The van der Waals surface area contributed by atoms with Crippen molar-refractivity contribution in [3.05, 3.63) is 89.2 Å². The average molecular weight is 413 g/mol. The summed E-state index contributed by atoms with van der Waals surface area (Å²) in [6, 6.07) is 19.8. The lowest BCUT2D eigenvalue weighted by atomic mass is 9.98. The van der Waals surface area contributed by atoms with E-state index >= 15 is 0 Å². The van der Waals surface area contributed by atoms with Crippen molar-refractivity contribution in [2.45, 2.75) is 18.4 Å². The summed E-state index contributed by atoms with van der Waals surface area (Å²) in [5, 5.41) is 20.9. The number of pyridine rings is 1. The van der Waals surface area contributed by atoms with Crippen LogP contribution in [-0.2, 0) is 16.0 Å². The van der Waals surface area contributed by atoms with Crippen LogP contribution >= 0.6 is 0 Å². The molecule has 0 radical (unpaired) electrons. The number of ether oxygens (including phenoxy) is 1. The van der Waals surface area contributed by atoms with E-state index in [-0.39, 0.29) is 24.6 Å². The second kappa shape index (κ2) is 8.67. The van der Waals surface area contributed by atoms with Gasteiger partial charge in [0.05, 0.1) is 0 Å². The molecule has 0 spiro atoms. The van der Waals surface area contributed by atoms with Gasteiger partial charge in [-0.15, -0.1) is 0 Å². The smallest absolute Gasteiger partial charge is 0.407 e. The van der Waals surface area contributed by atoms with Crippen LogP contribution in [0.3, 0.4) is 0 Å². The van der Waals surface area contributed by atoms with E-state index in [1.54, 1.807) is 6.07 Å². The molecule has 7 heteroatoms. The number of rotatable bonds is 6. The van der Waals surface area contributed by atoms with E-state index in [9.17, 15) is 14.7 Å². The Bertz CT molecular complexity index is 1140. The summed E-state index contributed by atoms with van der Waals surface area (Å²) in [6.45, 7) is 0.0973. The molecular formula is C24H19N3O4. The number of alkyl carbamates (subject to hydrolysis) is 1. The van der Waals surface area contributed by atoms with Crippen molar-refractivity contribution < 1.29 is 19.4 Å². The second-order valence-electron chi connectivity index (χ2n) is 7.23. The minimum absolute atomic E-state index is 0.0106. The molecule has 31 heavy (non-hydrogen) atoms. The maximum Gasteiger partial charge on any atom is 0.407 e. The molecule has 0 unspecified atom stereocenters. The Hall–Kier alpha value is -4.18. The van der Waals surface area contributed by atoms with E-state index in [1.165, 1.54) is 12.3 Å². The van der Waals surface area contributed by atoms with Crippen LogP contribution in [0.1, 0.15) is 28.3 Å². The number of fused-ring (bicyclic) bond motifs is 3. The fourth-order valence-electron chi connectivity index (χ4n) is 3.88. The van der Waals surface area contributed by atoms with Crippen LogP contribution < -0.4 is 5.32 Å². The zero-order chi connectivity index (χ0) is 21.8. The standard InChI is InChI=1S/C24H19N3O4/c25-13-16-11-15(9-10-26-16)12-22(23(28)29)27-24(30)31-14-21-19-7-3-1-5-17(19)18-6-2-4-8-20(18)21/h1-11,21-22H,12,14H2,(H,27,30)(H,28,29)/t22-/m0/s1. The highest BCUT2D eigenvalue weighted by Crippen LogP contribution is 2.44. The van der Waals surface area contributed by atoms with Crippen LogP contribution in [0.15, 0.2) is 66.9 Å². The van der Waals surface area contributed by atoms with Crippen molar-refractivity contribution in [1.82, 2.24) is 10.3 Å². The Morgan fingerprint density at radius 3 is 2.35 bits per heavy atom. The van der Waals surface area contributed by atoms with Crippen LogP contribution in [0.2, 0.25) is 0 Å². The maximum atomic E-state index is 12.4. The molecule has 7 nitrogen and oxygen atoms in total. The third-order valence-electron chi connectivity index (χ3n) is 5.31. The minimum Gasteiger partial charge on any atom is -0.480 e. The van der Waals surface area contributed by atoms with Crippen LogP contribution in [0.5, 0.6) is 0 Å². The molecule has 2 N–H and O–H groups in total. The quantitative estimate of drug-likeness (QED) is 0.640. The lowest BCUT2D eigenvalue weighted by molar-refractivity contribution is -0.139. The van der Waals surface area contributed by atoms with E-state index in [1.807, 2.05) is 54.6 Å². The van der Waals surface area contributed by atoms with Gasteiger partial charge in [0.1, 0.15) is 24.4 Å². The van der Waals surface area contributed by atoms with Crippen LogP contribution in [0.25, 0.3) is 11.1 Å². The van der Waals surface area contributed by atoms with Crippen molar-refractivity contribution >= 4 is 12.1 Å². The fraction of sp³-hybridized carbons (Fsp3) is 0.167. The van der Waals surface area contributed by atoms with Crippen molar-refractivity contribution in [1.29, 1.82) is 5.26 Å². The zero-order valence-electron chi connectivity index (χ0n) is 16.5. The number of hydrogen-bond donors (Lipinski definition) is 2. The molecule has 0 fully saturated rings. The van der Waals surface area contributed by atoms with Gasteiger partial charge in [-0.25, -0.2) is 14.6 Å². The molecule has 0 aliphatic heterocycles. The molecule has 1 amide bonds. The molecule has 0 saturated heterocycles. The van der Waals surface area contributed by atoms with Gasteiger partial charge in [0.2, 0.25) is 0 Å². The highest BCUT2D eigenvalue weighted by molar-refractivity contribution is 5.81. The predicted molar refractivity (Wildman–Crippen MR) is 112 cm³/mol. The molecule has 0 saturated carbocycles. The second-order valence-corrected chi connectivity index (χ2v) is 7.23. The van der Waals surface area contributed by atoms with Gasteiger partial charge in [0.25, 0.3) is 0 Å². The third kappa shape index (κ3) is 4.23. The first-order valence-corrected chi connectivity index (χ1v) is 9.76. The van der Waals surface area contributed by atoms with E-state index in [2.05, 4.69) is 10.3 Å². The Kier molecular flexibility index (Phi) is 5.63. The van der Waals surface area contributed by atoms with Crippen molar-refractivity contribution in [3.8, 4) is 17.2 Å². The summed E-state index contributed by atoms with van der Waals surface area (Å²) in [4.78, 5) is 27.9. The summed E-state index contributed by atoms with van der Waals surface area (Å²) in [6.07, 6.45) is 0.639. The van der Waals surface area contributed by atoms with Crippen molar-refractivity contribution in [2.24, 2.45) is 0 Å². The van der Waals surface area contributed by atoms with Crippen molar-refractivity contribution in [3.63, 3.8) is 0 Å². The van der Waals surface area contributed by atoms with Gasteiger partial charge in [0.15, 0.2) is 0 Å². The summed E-state index contributed by atoms with van der Waals surface area (Å²) in [5.74, 6) is -1.30. The number of amides is 1. The number of aliphatic carboxylic acids is 1. The zero-order valence-corrected chi connectivity index (χ0v) is 16.5. The summed E-state index contributed by atoms with van der Waals surface area (Å²) >= 11 is 0. The van der Waals surface area contributed by atoms with E-state index in [4.69, 9.17) is 10.00 Å². The normalized spacial score (nSPS) is 12.9. The maximum absolute atomic E-state index is 12.4. The van der Waals surface area contributed by atoms with Gasteiger partial charge in [-0.3, -0.25) is 0 Å². The van der Waals surface area contributed by atoms with Crippen LogP contribution in [-0.4, -0.2) is 34.8 Å². The number of nitrogens with one attached hydrogen (secondary N) is 1. The molecule has 1 aliphatic carbocycles. The number of benzene rings is 2. The molecule has 2 aromatic carbocycles. The molecule has 1 atom stereocenters. The highest BCUT2D eigenvalue weighted by atomic mass is 16.5. The number of nitriles is 1. The largest absolute Gasteiger partial charge is 0.480 e. The Morgan fingerprint density at radius 2 is 1.74 bits per heavy atom. The predicted octanol–water partition coefficient (Wildman–Crippen LogP) is 3.49. The Labute approximate surface area is 178 Å². The number of carboxylic acids is 1. The van der Waals surface area contributed by atoms with Crippen molar-refractivity contribution in [2.75, 3.05) is 6.61 Å². The third-order valence-corrected chi connectivity index (χ3v) is 5.31. The monoisotopic (exact) mass is 413 g/mol. The minimum atomic E-state index is -1.19. The lowest BCUT2D eigenvalue weighted by Gasteiger charge is -2.17. The van der Waals surface area contributed by atoms with E-state index < -0.39 is 18.1 Å². The molecule has 1 aromatic heterocycles. The van der Waals surface area contributed by atoms with Gasteiger partial charge in [-0.05, 0) is 39.9 Å². The fourth-order valence-corrected chi connectivity index (χ4v) is 3.88.